The van der Waals surface area contributed by atoms with Crippen molar-refractivity contribution < 1.29 is 4.79 Å². The molecular weight excluding hydrogens is 308 g/mol. The summed E-state index contributed by atoms with van der Waals surface area (Å²) in [6.45, 7) is 2.61. The van der Waals surface area contributed by atoms with E-state index in [1.54, 1.807) is 11.3 Å². The molecule has 3 rings (SSSR count). The average molecular weight is 327 g/mol. The molecule has 7 heteroatoms. The molecule has 3 heterocycles. The number of nitrogens with zero attached hydrogens (tertiary/aromatic N) is 2. The molecule has 1 saturated heterocycles. The highest BCUT2D eigenvalue weighted by Crippen LogP contribution is 2.24. The van der Waals surface area contributed by atoms with Gasteiger partial charge in [0.25, 0.3) is 5.91 Å². The number of aromatic nitrogens is 2. The minimum absolute atomic E-state index is 0. The largest absolute Gasteiger partial charge is 0.337 e. The lowest BCUT2D eigenvalue weighted by Crippen LogP contribution is -2.30. The fourth-order valence-corrected chi connectivity index (χ4v) is 3.32. The number of likely N-dealkylation sites (tertiary alicyclic amines) is 1. The maximum atomic E-state index is 12.4. The van der Waals surface area contributed by atoms with Gasteiger partial charge in [0.1, 0.15) is 0 Å². The van der Waals surface area contributed by atoms with Gasteiger partial charge in [-0.15, -0.1) is 23.7 Å². The van der Waals surface area contributed by atoms with Gasteiger partial charge < -0.3 is 10.2 Å². The smallest absolute Gasteiger partial charge is 0.274 e. The molecule has 0 radical (unpaired) electrons. The van der Waals surface area contributed by atoms with Crippen LogP contribution in [0.4, 0.5) is 0 Å². The zero-order valence-corrected chi connectivity index (χ0v) is 13.5. The minimum atomic E-state index is 0. The van der Waals surface area contributed by atoms with Crippen LogP contribution >= 0.6 is 23.7 Å². The number of H-pyrrole nitrogens is 1. The summed E-state index contributed by atoms with van der Waals surface area (Å²) in [5, 5.41) is 12.3. The lowest BCUT2D eigenvalue weighted by molar-refractivity contribution is 0.0781. The number of aromatic amines is 1. The standard InChI is InChI=1S/C14H18N4OS.ClH/c1-15-8-10-4-5-18(9-10)14(19)12-7-11(16-17-12)13-3-2-6-20-13;/h2-3,6-7,10,15H,4-5,8-9H2,1H3,(H,16,17);1H. The fraction of sp³-hybridized carbons (Fsp3) is 0.429. The highest BCUT2D eigenvalue weighted by atomic mass is 35.5. The van der Waals surface area contributed by atoms with Gasteiger partial charge in [-0.05, 0) is 43.4 Å². The van der Waals surface area contributed by atoms with Crippen molar-refractivity contribution in [1.29, 1.82) is 0 Å². The maximum Gasteiger partial charge on any atom is 0.274 e. The molecule has 0 saturated carbocycles. The summed E-state index contributed by atoms with van der Waals surface area (Å²) in [5.74, 6) is 0.585. The van der Waals surface area contributed by atoms with Gasteiger partial charge in [0, 0.05) is 13.1 Å². The molecule has 1 aliphatic rings. The van der Waals surface area contributed by atoms with E-state index < -0.39 is 0 Å². The zero-order chi connectivity index (χ0) is 13.9. The third kappa shape index (κ3) is 3.45. The molecule has 1 unspecified atom stereocenters. The molecule has 114 valence electrons. The molecule has 1 atom stereocenters. The van der Waals surface area contributed by atoms with Crippen LogP contribution < -0.4 is 5.32 Å². The van der Waals surface area contributed by atoms with E-state index in [2.05, 4.69) is 15.5 Å². The van der Waals surface area contributed by atoms with Crippen LogP contribution in [0.2, 0.25) is 0 Å². The molecule has 5 nitrogen and oxygen atoms in total. The number of halogens is 1. The Bertz CT molecular complexity index is 584. The quantitative estimate of drug-likeness (QED) is 0.906. The summed E-state index contributed by atoms with van der Waals surface area (Å²) in [4.78, 5) is 15.4. The van der Waals surface area contributed by atoms with Crippen LogP contribution in [0, 0.1) is 5.92 Å². The predicted octanol–water partition coefficient (Wildman–Crippen LogP) is 2.24. The number of hydrogen-bond donors (Lipinski definition) is 2. The van der Waals surface area contributed by atoms with E-state index in [4.69, 9.17) is 0 Å². The SMILES string of the molecule is CNCC1CCN(C(=O)c2cc(-c3cccs3)[nH]n2)C1.Cl. The first-order valence-electron chi connectivity index (χ1n) is 6.81. The van der Waals surface area contributed by atoms with Gasteiger partial charge >= 0.3 is 0 Å². The molecule has 1 fully saturated rings. The van der Waals surface area contributed by atoms with Gasteiger partial charge in [-0.2, -0.15) is 5.10 Å². The lowest BCUT2D eigenvalue weighted by Gasteiger charge is -2.14. The number of rotatable bonds is 4. The van der Waals surface area contributed by atoms with E-state index in [1.807, 2.05) is 35.5 Å². The van der Waals surface area contributed by atoms with Crippen molar-refractivity contribution in [2.45, 2.75) is 6.42 Å². The van der Waals surface area contributed by atoms with E-state index in [-0.39, 0.29) is 18.3 Å². The monoisotopic (exact) mass is 326 g/mol. The maximum absolute atomic E-state index is 12.4. The number of hydrogen-bond acceptors (Lipinski definition) is 4. The van der Waals surface area contributed by atoms with Crippen molar-refractivity contribution in [1.82, 2.24) is 20.4 Å². The van der Waals surface area contributed by atoms with E-state index in [0.29, 0.717) is 11.6 Å². The van der Waals surface area contributed by atoms with Crippen LogP contribution in [0.25, 0.3) is 10.6 Å². The van der Waals surface area contributed by atoms with Crippen LogP contribution in [-0.4, -0.2) is 47.7 Å². The van der Waals surface area contributed by atoms with E-state index in [9.17, 15) is 4.79 Å². The lowest BCUT2D eigenvalue weighted by atomic mass is 10.1. The van der Waals surface area contributed by atoms with Crippen LogP contribution in [0.1, 0.15) is 16.9 Å². The van der Waals surface area contributed by atoms with Crippen molar-refractivity contribution in [3.05, 3.63) is 29.3 Å². The van der Waals surface area contributed by atoms with Gasteiger partial charge in [0.15, 0.2) is 5.69 Å². The van der Waals surface area contributed by atoms with Crippen molar-refractivity contribution in [3.63, 3.8) is 0 Å². The normalized spacial score (nSPS) is 17.8. The summed E-state index contributed by atoms with van der Waals surface area (Å²) in [5.41, 5.74) is 1.42. The second-order valence-electron chi connectivity index (χ2n) is 5.11. The highest BCUT2D eigenvalue weighted by molar-refractivity contribution is 7.13. The van der Waals surface area contributed by atoms with Gasteiger partial charge in [0.05, 0.1) is 10.6 Å². The Balaban J connectivity index is 0.00000161. The van der Waals surface area contributed by atoms with Crippen molar-refractivity contribution in [3.8, 4) is 10.6 Å². The third-order valence-corrected chi connectivity index (χ3v) is 4.55. The Labute approximate surface area is 134 Å². The topological polar surface area (TPSA) is 61.0 Å². The number of carbonyl (C=O) groups is 1. The molecule has 2 aromatic heterocycles. The number of thiophene rings is 1. The molecule has 21 heavy (non-hydrogen) atoms. The number of nitrogens with one attached hydrogen (secondary N) is 2. The van der Waals surface area contributed by atoms with Crippen LogP contribution in [0.5, 0.6) is 0 Å². The Hall–Kier alpha value is -1.37. The summed E-state index contributed by atoms with van der Waals surface area (Å²) < 4.78 is 0. The Morgan fingerprint density at radius 1 is 1.62 bits per heavy atom. The molecule has 0 aliphatic carbocycles. The molecule has 2 N–H and O–H groups in total. The molecule has 0 aromatic carbocycles. The Morgan fingerprint density at radius 2 is 2.48 bits per heavy atom. The Morgan fingerprint density at radius 3 is 3.19 bits per heavy atom. The van der Waals surface area contributed by atoms with E-state index in [1.165, 1.54) is 0 Å². The molecule has 1 aliphatic heterocycles. The average Bonchev–Trinajstić information content (AvgIpc) is 3.19. The molecular formula is C14H19ClN4OS. The van der Waals surface area contributed by atoms with Crippen molar-refractivity contribution in [2.24, 2.45) is 5.92 Å². The summed E-state index contributed by atoms with van der Waals surface area (Å²) >= 11 is 1.64. The molecule has 0 spiro atoms. The van der Waals surface area contributed by atoms with Gasteiger partial charge in [-0.1, -0.05) is 6.07 Å². The van der Waals surface area contributed by atoms with Crippen molar-refractivity contribution in [2.75, 3.05) is 26.7 Å². The second kappa shape index (κ2) is 7.06. The number of carbonyl (C=O) groups excluding carboxylic acids is 1. The van der Waals surface area contributed by atoms with E-state index >= 15 is 0 Å². The van der Waals surface area contributed by atoms with Crippen LogP contribution in [0.3, 0.4) is 0 Å². The fourth-order valence-electron chi connectivity index (χ4n) is 2.62. The molecule has 2 aromatic rings. The predicted molar refractivity (Wildman–Crippen MR) is 87.1 cm³/mol. The van der Waals surface area contributed by atoms with Gasteiger partial charge in [0.2, 0.25) is 0 Å². The van der Waals surface area contributed by atoms with E-state index in [0.717, 1.165) is 36.6 Å². The zero-order valence-electron chi connectivity index (χ0n) is 11.8. The van der Waals surface area contributed by atoms with Gasteiger partial charge in [-0.25, -0.2) is 0 Å². The second-order valence-corrected chi connectivity index (χ2v) is 6.06. The summed E-state index contributed by atoms with van der Waals surface area (Å²) in [7, 11) is 1.95. The first kappa shape index (κ1) is 16.0. The van der Waals surface area contributed by atoms with Gasteiger partial charge in [-0.3, -0.25) is 9.89 Å². The third-order valence-electron chi connectivity index (χ3n) is 3.65. The minimum Gasteiger partial charge on any atom is -0.337 e. The highest BCUT2D eigenvalue weighted by Gasteiger charge is 2.27. The number of amides is 1. The molecule has 0 bridgehead atoms. The summed E-state index contributed by atoms with van der Waals surface area (Å²) in [6.07, 6.45) is 1.06. The first-order chi connectivity index (χ1) is 9.78. The van der Waals surface area contributed by atoms with Crippen LogP contribution in [0.15, 0.2) is 23.6 Å². The van der Waals surface area contributed by atoms with Crippen LogP contribution in [-0.2, 0) is 0 Å². The Kier molecular flexibility index (Phi) is 5.39. The summed E-state index contributed by atoms with van der Waals surface area (Å²) in [6, 6.07) is 5.86. The first-order valence-corrected chi connectivity index (χ1v) is 7.69. The van der Waals surface area contributed by atoms with Crippen molar-refractivity contribution >= 4 is 29.7 Å². The molecule has 1 amide bonds.